The molecule has 15 heavy (non-hydrogen) atoms. The lowest BCUT2D eigenvalue weighted by Crippen LogP contribution is -2.41. The second-order valence-electron chi connectivity index (χ2n) is 3.58. The highest BCUT2D eigenvalue weighted by molar-refractivity contribution is 5.97. The fraction of sp³-hybridized carbons (Fsp3) is 0.500. The van der Waals surface area contributed by atoms with E-state index in [1.807, 2.05) is 0 Å². The Kier molecular flexibility index (Phi) is 2.80. The zero-order valence-electron chi connectivity index (χ0n) is 8.40. The van der Waals surface area contributed by atoms with Gasteiger partial charge in [0.15, 0.2) is 0 Å². The lowest BCUT2D eigenvalue weighted by atomic mass is 10.1. The van der Waals surface area contributed by atoms with Crippen LogP contribution in [-0.2, 0) is 16.0 Å². The smallest absolute Gasteiger partial charge is 0.229 e. The third-order valence-corrected chi connectivity index (χ3v) is 2.51. The van der Waals surface area contributed by atoms with Crippen molar-refractivity contribution < 1.29 is 9.59 Å². The molecule has 5 nitrogen and oxygen atoms in total. The molecule has 1 aromatic heterocycles. The number of carbonyl (C=O) groups is 2. The average Bonchev–Trinajstić information content (AvgIpc) is 2.70. The van der Waals surface area contributed by atoms with Crippen LogP contribution in [0.4, 0.5) is 0 Å². The third kappa shape index (κ3) is 2.23. The Hall–Kier alpha value is -1.65. The van der Waals surface area contributed by atoms with E-state index in [1.54, 1.807) is 12.4 Å². The molecule has 1 saturated heterocycles. The molecule has 2 heterocycles. The molecule has 2 amide bonds. The van der Waals surface area contributed by atoms with Crippen molar-refractivity contribution in [3.05, 3.63) is 18.2 Å². The molecule has 0 bridgehead atoms. The summed E-state index contributed by atoms with van der Waals surface area (Å²) in [6, 6.07) is 0. The van der Waals surface area contributed by atoms with Crippen LogP contribution in [0.5, 0.6) is 0 Å². The van der Waals surface area contributed by atoms with E-state index in [0.717, 1.165) is 5.82 Å². The van der Waals surface area contributed by atoms with Crippen molar-refractivity contribution in [1.82, 2.24) is 14.9 Å². The predicted molar refractivity (Wildman–Crippen MR) is 52.9 cm³/mol. The first-order valence-corrected chi connectivity index (χ1v) is 5.09. The fourth-order valence-corrected chi connectivity index (χ4v) is 1.70. The maximum absolute atomic E-state index is 11.4. The number of likely N-dealkylation sites (tertiary alicyclic amines) is 1. The van der Waals surface area contributed by atoms with Crippen LogP contribution >= 0.6 is 0 Å². The number of H-pyrrole nitrogens is 1. The van der Waals surface area contributed by atoms with Crippen LogP contribution in [0.2, 0.25) is 0 Å². The molecule has 80 valence electrons. The zero-order valence-corrected chi connectivity index (χ0v) is 8.40. The molecule has 1 aromatic rings. The van der Waals surface area contributed by atoms with Crippen molar-refractivity contribution >= 4 is 11.8 Å². The molecular weight excluding hydrogens is 194 g/mol. The standard InChI is InChI=1S/C10H13N3O2/c14-9-2-1-3-10(15)13(9)7-4-8-11-5-6-12-8/h5-6H,1-4,7H2,(H,11,12). The molecule has 1 fully saturated rings. The summed E-state index contributed by atoms with van der Waals surface area (Å²) in [6.45, 7) is 0.436. The van der Waals surface area contributed by atoms with E-state index in [9.17, 15) is 9.59 Å². The van der Waals surface area contributed by atoms with Crippen molar-refractivity contribution in [2.75, 3.05) is 6.54 Å². The zero-order chi connectivity index (χ0) is 10.7. The number of aromatic nitrogens is 2. The van der Waals surface area contributed by atoms with Gasteiger partial charge in [-0.05, 0) is 6.42 Å². The molecule has 1 aliphatic heterocycles. The van der Waals surface area contributed by atoms with Gasteiger partial charge in [-0.2, -0.15) is 0 Å². The van der Waals surface area contributed by atoms with Crippen LogP contribution < -0.4 is 0 Å². The highest BCUT2D eigenvalue weighted by atomic mass is 16.2. The number of imide groups is 1. The van der Waals surface area contributed by atoms with Gasteiger partial charge in [-0.15, -0.1) is 0 Å². The van der Waals surface area contributed by atoms with Crippen LogP contribution in [-0.4, -0.2) is 33.2 Å². The molecule has 5 heteroatoms. The van der Waals surface area contributed by atoms with E-state index >= 15 is 0 Å². The first-order valence-electron chi connectivity index (χ1n) is 5.09. The first kappa shape index (κ1) is 9.89. The van der Waals surface area contributed by atoms with Gasteiger partial charge in [-0.1, -0.05) is 0 Å². The third-order valence-electron chi connectivity index (χ3n) is 2.51. The Morgan fingerprint density at radius 1 is 1.33 bits per heavy atom. The second-order valence-corrected chi connectivity index (χ2v) is 3.58. The molecule has 0 aromatic carbocycles. The number of nitrogens with zero attached hydrogens (tertiary/aromatic N) is 2. The second kappa shape index (κ2) is 4.25. The van der Waals surface area contributed by atoms with Crippen LogP contribution in [0.25, 0.3) is 0 Å². The molecule has 1 N–H and O–H groups in total. The normalized spacial score (nSPS) is 17.2. The van der Waals surface area contributed by atoms with Crippen LogP contribution in [0, 0.1) is 0 Å². The minimum absolute atomic E-state index is 0.0576. The van der Waals surface area contributed by atoms with Gasteiger partial charge in [0.05, 0.1) is 0 Å². The Balaban J connectivity index is 1.92. The van der Waals surface area contributed by atoms with Crippen LogP contribution in [0.1, 0.15) is 25.1 Å². The largest absolute Gasteiger partial charge is 0.349 e. The highest BCUT2D eigenvalue weighted by Gasteiger charge is 2.25. The first-order chi connectivity index (χ1) is 7.27. The number of rotatable bonds is 3. The molecule has 0 unspecified atom stereocenters. The Labute approximate surface area is 87.5 Å². The maximum atomic E-state index is 11.4. The summed E-state index contributed by atoms with van der Waals surface area (Å²) >= 11 is 0. The van der Waals surface area contributed by atoms with Gasteiger partial charge in [-0.25, -0.2) is 4.98 Å². The summed E-state index contributed by atoms with van der Waals surface area (Å²) in [5.41, 5.74) is 0. The minimum atomic E-state index is -0.0576. The van der Waals surface area contributed by atoms with Crippen molar-refractivity contribution in [3.8, 4) is 0 Å². The molecule has 2 rings (SSSR count). The van der Waals surface area contributed by atoms with E-state index in [4.69, 9.17) is 0 Å². The van der Waals surface area contributed by atoms with E-state index in [0.29, 0.717) is 32.2 Å². The molecule has 0 radical (unpaired) electrons. The summed E-state index contributed by atoms with van der Waals surface area (Å²) in [6.07, 6.45) is 5.66. The van der Waals surface area contributed by atoms with Crippen LogP contribution in [0.15, 0.2) is 12.4 Å². The summed E-state index contributed by atoms with van der Waals surface area (Å²) in [4.78, 5) is 31.2. The molecular formula is C10H13N3O2. The number of hydrogen-bond acceptors (Lipinski definition) is 3. The van der Waals surface area contributed by atoms with Gasteiger partial charge < -0.3 is 4.98 Å². The lowest BCUT2D eigenvalue weighted by Gasteiger charge is -2.24. The molecule has 0 saturated carbocycles. The number of carbonyl (C=O) groups excluding carboxylic acids is 2. The highest BCUT2D eigenvalue weighted by Crippen LogP contribution is 2.12. The predicted octanol–water partition coefficient (Wildman–Crippen LogP) is 0.491. The molecule has 0 spiro atoms. The summed E-state index contributed by atoms with van der Waals surface area (Å²) < 4.78 is 0. The van der Waals surface area contributed by atoms with E-state index < -0.39 is 0 Å². The van der Waals surface area contributed by atoms with Gasteiger partial charge in [-0.3, -0.25) is 14.5 Å². The number of piperidine rings is 1. The monoisotopic (exact) mass is 207 g/mol. The van der Waals surface area contributed by atoms with Gasteiger partial charge in [0.25, 0.3) is 0 Å². The summed E-state index contributed by atoms with van der Waals surface area (Å²) in [7, 11) is 0. The molecule has 1 aliphatic rings. The number of nitrogens with one attached hydrogen (secondary N) is 1. The molecule has 0 aliphatic carbocycles. The van der Waals surface area contributed by atoms with Crippen molar-refractivity contribution in [1.29, 1.82) is 0 Å². The minimum Gasteiger partial charge on any atom is -0.349 e. The number of imidazole rings is 1. The average molecular weight is 207 g/mol. The summed E-state index contributed by atoms with van der Waals surface area (Å²) in [5.74, 6) is 0.691. The van der Waals surface area contributed by atoms with Gasteiger partial charge in [0, 0.05) is 38.2 Å². The van der Waals surface area contributed by atoms with Crippen molar-refractivity contribution in [3.63, 3.8) is 0 Å². The van der Waals surface area contributed by atoms with E-state index in [2.05, 4.69) is 9.97 Å². The summed E-state index contributed by atoms with van der Waals surface area (Å²) in [5, 5.41) is 0. The Bertz CT molecular complexity index is 343. The van der Waals surface area contributed by atoms with Crippen molar-refractivity contribution in [2.24, 2.45) is 0 Å². The van der Waals surface area contributed by atoms with Crippen LogP contribution in [0.3, 0.4) is 0 Å². The van der Waals surface area contributed by atoms with Gasteiger partial charge in [0.1, 0.15) is 5.82 Å². The van der Waals surface area contributed by atoms with E-state index in [-0.39, 0.29) is 11.8 Å². The SMILES string of the molecule is O=C1CCCC(=O)N1CCc1ncc[nH]1. The Morgan fingerprint density at radius 2 is 2.07 bits per heavy atom. The van der Waals surface area contributed by atoms with Crippen molar-refractivity contribution in [2.45, 2.75) is 25.7 Å². The maximum Gasteiger partial charge on any atom is 0.229 e. The van der Waals surface area contributed by atoms with Gasteiger partial charge >= 0.3 is 0 Å². The number of hydrogen-bond donors (Lipinski definition) is 1. The lowest BCUT2D eigenvalue weighted by molar-refractivity contribution is -0.147. The number of aromatic amines is 1. The van der Waals surface area contributed by atoms with E-state index in [1.165, 1.54) is 4.90 Å². The number of amides is 2. The quantitative estimate of drug-likeness (QED) is 0.733. The molecule has 0 atom stereocenters. The fourth-order valence-electron chi connectivity index (χ4n) is 1.70. The topological polar surface area (TPSA) is 66.1 Å². The Morgan fingerprint density at radius 3 is 2.67 bits per heavy atom. The van der Waals surface area contributed by atoms with Gasteiger partial charge in [0.2, 0.25) is 11.8 Å².